The van der Waals surface area contributed by atoms with Crippen molar-refractivity contribution >= 4 is 22.7 Å². The van der Waals surface area contributed by atoms with Crippen molar-refractivity contribution in [3.05, 3.63) is 60.3 Å². The van der Waals surface area contributed by atoms with Crippen LogP contribution in [-0.4, -0.2) is 22.2 Å². The topological polar surface area (TPSA) is 65.6 Å². The predicted molar refractivity (Wildman–Crippen MR) is 94.7 cm³/mol. The van der Waals surface area contributed by atoms with Gasteiger partial charge in [-0.1, -0.05) is 42.5 Å². The lowest BCUT2D eigenvalue weighted by Gasteiger charge is -2.22. The Morgan fingerprint density at radius 2 is 1.92 bits per heavy atom. The Hall–Kier alpha value is -2.95. The van der Waals surface area contributed by atoms with Crippen LogP contribution in [0.5, 0.6) is 5.75 Å². The number of amides is 1. The number of hydrogen-bond acceptors (Lipinski definition) is 2. The fourth-order valence-electron chi connectivity index (χ4n) is 2.77. The Morgan fingerprint density at radius 3 is 2.58 bits per heavy atom. The number of nitrogens with one attached hydrogen (secondary N) is 1. The van der Waals surface area contributed by atoms with E-state index in [2.05, 4.69) is 4.98 Å². The Kier molecular flexibility index (Phi) is 4.42. The molecule has 1 heterocycles. The molecule has 1 aromatic heterocycles. The van der Waals surface area contributed by atoms with Crippen LogP contribution in [0.25, 0.3) is 10.9 Å². The van der Waals surface area contributed by atoms with Gasteiger partial charge >= 0.3 is 6.09 Å². The van der Waals surface area contributed by atoms with Crippen LogP contribution >= 0.6 is 0 Å². The molecule has 2 N–H and O–H groups in total. The van der Waals surface area contributed by atoms with Gasteiger partial charge < -0.3 is 14.8 Å². The van der Waals surface area contributed by atoms with E-state index >= 15 is 0 Å². The molecule has 1 amide bonds. The normalized spacial score (nSPS) is 11.0. The predicted octanol–water partition coefficient (Wildman–Crippen LogP) is 4.64. The molecule has 0 aliphatic heterocycles. The number of aromatic amines is 1. The quantitative estimate of drug-likeness (QED) is 0.718. The minimum absolute atomic E-state index is 0.157. The number of H-pyrrole nitrogens is 1. The number of ether oxygens (including phenoxy) is 1. The van der Waals surface area contributed by atoms with Gasteiger partial charge in [-0.15, -0.1) is 0 Å². The van der Waals surface area contributed by atoms with Crippen LogP contribution in [-0.2, 0) is 6.61 Å². The van der Waals surface area contributed by atoms with Gasteiger partial charge in [0.1, 0.15) is 12.4 Å². The van der Waals surface area contributed by atoms with E-state index in [1.807, 2.05) is 62.4 Å². The molecule has 124 valence electrons. The first-order chi connectivity index (χ1) is 11.6. The molecule has 3 aromatic rings. The fraction of sp³-hybridized carbons (Fsp3) is 0.211. The van der Waals surface area contributed by atoms with Crippen molar-refractivity contribution in [2.24, 2.45) is 0 Å². The lowest BCUT2D eigenvalue weighted by molar-refractivity contribution is 0.200. The first kappa shape index (κ1) is 15.9. The Labute approximate surface area is 140 Å². The molecule has 3 rings (SSSR count). The summed E-state index contributed by atoms with van der Waals surface area (Å²) in [6, 6.07) is 15.4. The van der Waals surface area contributed by atoms with Crippen LogP contribution < -0.4 is 9.64 Å². The van der Waals surface area contributed by atoms with Crippen LogP contribution in [0.15, 0.2) is 54.7 Å². The van der Waals surface area contributed by atoms with E-state index in [9.17, 15) is 9.90 Å². The number of nitrogens with zero attached hydrogens (tertiary/aromatic N) is 1. The highest BCUT2D eigenvalue weighted by atomic mass is 16.5. The maximum Gasteiger partial charge on any atom is 0.412 e. The summed E-state index contributed by atoms with van der Waals surface area (Å²) in [6.45, 7) is 4.16. The van der Waals surface area contributed by atoms with Gasteiger partial charge in [0.15, 0.2) is 0 Å². The van der Waals surface area contributed by atoms with E-state index in [1.54, 1.807) is 6.20 Å². The molecule has 0 saturated carbocycles. The third-order valence-electron chi connectivity index (χ3n) is 3.87. The first-order valence-electron chi connectivity index (χ1n) is 7.87. The SMILES string of the molecule is CC(C)N(C(=O)O)c1c[nH]c2c(OCc3ccccc3)cccc12. The molecule has 0 aliphatic rings. The second kappa shape index (κ2) is 6.66. The monoisotopic (exact) mass is 324 g/mol. The molecule has 0 saturated heterocycles. The summed E-state index contributed by atoms with van der Waals surface area (Å²) in [7, 11) is 0. The number of carboxylic acid groups (broad SMARTS) is 1. The second-order valence-electron chi connectivity index (χ2n) is 5.87. The molecular formula is C19H20N2O3. The van der Waals surface area contributed by atoms with E-state index in [0.717, 1.165) is 16.5 Å². The number of para-hydroxylation sites is 1. The molecule has 24 heavy (non-hydrogen) atoms. The van der Waals surface area contributed by atoms with E-state index in [0.29, 0.717) is 18.0 Å². The van der Waals surface area contributed by atoms with Crippen molar-refractivity contribution in [2.75, 3.05) is 4.90 Å². The minimum atomic E-state index is -0.971. The fourth-order valence-corrected chi connectivity index (χ4v) is 2.77. The summed E-state index contributed by atoms with van der Waals surface area (Å²) in [5.41, 5.74) is 2.52. The van der Waals surface area contributed by atoms with Crippen molar-refractivity contribution in [3.8, 4) is 5.75 Å². The standard InChI is InChI=1S/C19H20N2O3/c1-13(2)21(19(22)23)16-11-20-18-15(16)9-6-10-17(18)24-12-14-7-4-3-5-8-14/h3-11,13,20H,12H2,1-2H3,(H,22,23). The average Bonchev–Trinajstić information content (AvgIpc) is 2.98. The highest BCUT2D eigenvalue weighted by Gasteiger charge is 2.22. The third-order valence-corrected chi connectivity index (χ3v) is 3.87. The van der Waals surface area contributed by atoms with Gasteiger partial charge in [-0.05, 0) is 25.5 Å². The number of anilines is 1. The minimum Gasteiger partial charge on any atom is -0.487 e. The zero-order chi connectivity index (χ0) is 17.1. The summed E-state index contributed by atoms with van der Waals surface area (Å²) >= 11 is 0. The number of benzene rings is 2. The van der Waals surface area contributed by atoms with Crippen molar-refractivity contribution in [1.29, 1.82) is 0 Å². The number of carbonyl (C=O) groups is 1. The van der Waals surface area contributed by atoms with Gasteiger partial charge in [0.05, 0.1) is 11.2 Å². The molecule has 0 fully saturated rings. The van der Waals surface area contributed by atoms with E-state index in [1.165, 1.54) is 4.90 Å². The largest absolute Gasteiger partial charge is 0.487 e. The lowest BCUT2D eigenvalue weighted by Crippen LogP contribution is -2.35. The first-order valence-corrected chi connectivity index (χ1v) is 7.87. The lowest BCUT2D eigenvalue weighted by atomic mass is 10.2. The van der Waals surface area contributed by atoms with Crippen molar-refractivity contribution in [3.63, 3.8) is 0 Å². The van der Waals surface area contributed by atoms with Gasteiger partial charge in [-0.2, -0.15) is 0 Å². The second-order valence-corrected chi connectivity index (χ2v) is 5.87. The summed E-state index contributed by atoms with van der Waals surface area (Å²) in [6.07, 6.45) is 0.746. The van der Waals surface area contributed by atoms with E-state index in [4.69, 9.17) is 4.74 Å². The summed E-state index contributed by atoms with van der Waals surface area (Å²) < 4.78 is 5.92. The number of aromatic nitrogens is 1. The average molecular weight is 324 g/mol. The van der Waals surface area contributed by atoms with Crippen molar-refractivity contribution in [1.82, 2.24) is 4.98 Å². The maximum absolute atomic E-state index is 11.6. The molecule has 0 unspecified atom stereocenters. The van der Waals surface area contributed by atoms with Crippen LogP contribution in [0, 0.1) is 0 Å². The number of hydrogen-bond donors (Lipinski definition) is 2. The highest BCUT2D eigenvalue weighted by molar-refractivity contribution is 6.02. The molecule has 0 bridgehead atoms. The van der Waals surface area contributed by atoms with Crippen LogP contribution in [0.3, 0.4) is 0 Å². The zero-order valence-corrected chi connectivity index (χ0v) is 13.7. The maximum atomic E-state index is 11.6. The molecule has 2 aromatic carbocycles. The van der Waals surface area contributed by atoms with Gasteiger partial charge in [0, 0.05) is 17.6 Å². The van der Waals surface area contributed by atoms with Crippen LogP contribution in [0.4, 0.5) is 10.5 Å². The van der Waals surface area contributed by atoms with Gasteiger partial charge in [-0.25, -0.2) is 4.79 Å². The zero-order valence-electron chi connectivity index (χ0n) is 13.7. The summed E-state index contributed by atoms with van der Waals surface area (Å²) in [5.74, 6) is 0.705. The summed E-state index contributed by atoms with van der Waals surface area (Å²) in [4.78, 5) is 16.1. The molecule has 5 nitrogen and oxygen atoms in total. The van der Waals surface area contributed by atoms with E-state index < -0.39 is 6.09 Å². The molecular weight excluding hydrogens is 304 g/mol. The number of rotatable bonds is 5. The molecule has 0 radical (unpaired) electrons. The van der Waals surface area contributed by atoms with Crippen LogP contribution in [0.1, 0.15) is 19.4 Å². The van der Waals surface area contributed by atoms with Crippen molar-refractivity contribution < 1.29 is 14.6 Å². The molecule has 5 heteroatoms. The number of fused-ring (bicyclic) bond motifs is 1. The molecule has 0 atom stereocenters. The third kappa shape index (κ3) is 3.06. The van der Waals surface area contributed by atoms with Crippen molar-refractivity contribution in [2.45, 2.75) is 26.5 Å². The summed E-state index contributed by atoms with van der Waals surface area (Å²) in [5, 5.41) is 10.3. The molecule has 0 spiro atoms. The smallest absolute Gasteiger partial charge is 0.412 e. The Morgan fingerprint density at radius 1 is 1.17 bits per heavy atom. The van der Waals surface area contributed by atoms with Gasteiger partial charge in [-0.3, -0.25) is 4.90 Å². The van der Waals surface area contributed by atoms with Gasteiger partial charge in [0.2, 0.25) is 0 Å². The Bertz CT molecular complexity index is 840. The molecule has 0 aliphatic carbocycles. The van der Waals surface area contributed by atoms with E-state index in [-0.39, 0.29) is 6.04 Å². The highest BCUT2D eigenvalue weighted by Crippen LogP contribution is 2.33. The van der Waals surface area contributed by atoms with Crippen LogP contribution in [0.2, 0.25) is 0 Å². The van der Waals surface area contributed by atoms with Gasteiger partial charge in [0.25, 0.3) is 0 Å². The Balaban J connectivity index is 1.93.